The Bertz CT molecular complexity index is 893. The first kappa shape index (κ1) is 21.7. The molecule has 0 bridgehead atoms. The minimum Gasteiger partial charge on any atom is -0.481 e. The summed E-state index contributed by atoms with van der Waals surface area (Å²) in [5, 5.41) is 12.8. The van der Waals surface area contributed by atoms with Crippen molar-refractivity contribution >= 4 is 11.8 Å². The highest BCUT2D eigenvalue weighted by atomic mass is 16.4. The summed E-state index contributed by atoms with van der Waals surface area (Å²) >= 11 is 0. The molecule has 0 amide bonds. The zero-order chi connectivity index (χ0) is 21.7. The van der Waals surface area contributed by atoms with Crippen LogP contribution >= 0.6 is 0 Å². The highest BCUT2D eigenvalue weighted by Crippen LogP contribution is 2.54. The lowest BCUT2D eigenvalue weighted by molar-refractivity contribution is -0.137. The molecule has 6 heteroatoms. The van der Waals surface area contributed by atoms with Crippen LogP contribution in [0, 0.1) is 6.92 Å². The predicted octanol–water partition coefficient (Wildman–Crippen LogP) is 5.17. The van der Waals surface area contributed by atoms with Crippen LogP contribution in [0.3, 0.4) is 0 Å². The third-order valence-electron chi connectivity index (χ3n) is 6.93. The second-order valence-electron chi connectivity index (χ2n) is 9.32. The van der Waals surface area contributed by atoms with Gasteiger partial charge in [-0.2, -0.15) is 0 Å². The third kappa shape index (κ3) is 5.60. The number of aromatic nitrogens is 3. The van der Waals surface area contributed by atoms with Gasteiger partial charge in [0.1, 0.15) is 11.6 Å². The molecule has 0 saturated heterocycles. The fraction of sp³-hybridized carbons (Fsp3) is 0.600. The van der Waals surface area contributed by atoms with Crippen LogP contribution in [0.2, 0.25) is 0 Å². The first-order valence-corrected chi connectivity index (χ1v) is 11.8. The van der Waals surface area contributed by atoms with Crippen LogP contribution in [0.15, 0.2) is 24.5 Å². The molecule has 2 aliphatic rings. The van der Waals surface area contributed by atoms with Crippen molar-refractivity contribution < 1.29 is 9.90 Å². The van der Waals surface area contributed by atoms with Crippen molar-refractivity contribution in [2.75, 3.05) is 11.9 Å². The van der Waals surface area contributed by atoms with E-state index >= 15 is 0 Å². The molecule has 1 atom stereocenters. The smallest absolute Gasteiger partial charge is 0.303 e. The molecular weight excluding hydrogens is 388 g/mol. The molecule has 4 rings (SSSR count). The van der Waals surface area contributed by atoms with Gasteiger partial charge in [-0.15, -0.1) is 0 Å². The largest absolute Gasteiger partial charge is 0.481 e. The molecule has 0 aromatic carbocycles. The number of aliphatic carboxylic acids is 1. The number of aryl methyl sites for hydroxylation is 2. The van der Waals surface area contributed by atoms with E-state index in [2.05, 4.69) is 27.4 Å². The normalized spacial score (nSPS) is 17.5. The van der Waals surface area contributed by atoms with Gasteiger partial charge in [-0.3, -0.25) is 4.79 Å². The van der Waals surface area contributed by atoms with Gasteiger partial charge in [-0.05, 0) is 74.8 Å². The predicted molar refractivity (Wildman–Crippen MR) is 121 cm³/mol. The van der Waals surface area contributed by atoms with E-state index in [0.717, 1.165) is 56.5 Å². The first-order valence-electron chi connectivity index (χ1n) is 11.8. The number of carboxylic acid groups (broad SMARTS) is 1. The molecule has 2 N–H and O–H groups in total. The minimum absolute atomic E-state index is 0.00910. The van der Waals surface area contributed by atoms with Crippen molar-refractivity contribution in [2.45, 2.75) is 88.9 Å². The van der Waals surface area contributed by atoms with Gasteiger partial charge < -0.3 is 10.4 Å². The Morgan fingerprint density at radius 2 is 1.90 bits per heavy atom. The number of pyridine rings is 1. The van der Waals surface area contributed by atoms with E-state index in [1.54, 1.807) is 12.4 Å². The maximum atomic E-state index is 11.3. The van der Waals surface area contributed by atoms with Crippen LogP contribution in [0.1, 0.15) is 92.8 Å². The molecule has 1 saturated carbocycles. The average molecular weight is 423 g/mol. The van der Waals surface area contributed by atoms with Crippen LogP contribution < -0.4 is 5.32 Å². The molecule has 0 radical (unpaired) electrons. The highest BCUT2D eigenvalue weighted by Gasteiger charge is 2.46. The summed E-state index contributed by atoms with van der Waals surface area (Å²) in [6.45, 7) is 2.88. The van der Waals surface area contributed by atoms with Crippen LogP contribution in [0.25, 0.3) is 0 Å². The summed E-state index contributed by atoms with van der Waals surface area (Å²) in [6.07, 6.45) is 15.1. The van der Waals surface area contributed by atoms with Crippen LogP contribution in [0.5, 0.6) is 0 Å². The summed E-state index contributed by atoms with van der Waals surface area (Å²) in [5.41, 5.74) is 3.99. The number of fused-ring (bicyclic) bond motifs is 2. The Balaban J connectivity index is 1.22. The van der Waals surface area contributed by atoms with E-state index < -0.39 is 5.97 Å². The van der Waals surface area contributed by atoms with Crippen LogP contribution in [-0.2, 0) is 16.6 Å². The zero-order valence-corrected chi connectivity index (χ0v) is 18.6. The summed E-state index contributed by atoms with van der Waals surface area (Å²) in [7, 11) is 0. The molecule has 1 aliphatic carbocycles. The second kappa shape index (κ2) is 9.75. The number of nitrogens with zero attached hydrogens (tertiary/aromatic N) is 3. The number of rotatable bonds is 10. The Labute approximate surface area is 184 Å². The van der Waals surface area contributed by atoms with Gasteiger partial charge in [0.25, 0.3) is 0 Å². The van der Waals surface area contributed by atoms with Crippen molar-refractivity contribution in [1.82, 2.24) is 15.0 Å². The number of hydrogen-bond acceptors (Lipinski definition) is 5. The molecule has 1 fully saturated rings. The van der Waals surface area contributed by atoms with E-state index in [-0.39, 0.29) is 12.3 Å². The van der Waals surface area contributed by atoms with Crippen molar-refractivity contribution in [3.8, 4) is 0 Å². The van der Waals surface area contributed by atoms with Gasteiger partial charge >= 0.3 is 5.97 Å². The van der Waals surface area contributed by atoms with Gasteiger partial charge in [-0.1, -0.05) is 25.3 Å². The van der Waals surface area contributed by atoms with Gasteiger partial charge in [0.15, 0.2) is 0 Å². The number of carbonyl (C=O) groups is 1. The van der Waals surface area contributed by atoms with Crippen molar-refractivity contribution in [2.24, 2.45) is 0 Å². The molecule has 1 aliphatic heterocycles. The molecule has 2 aromatic rings. The van der Waals surface area contributed by atoms with Gasteiger partial charge in [0, 0.05) is 30.2 Å². The Morgan fingerprint density at radius 1 is 1.13 bits per heavy atom. The Morgan fingerprint density at radius 3 is 2.65 bits per heavy atom. The topological polar surface area (TPSA) is 88.0 Å². The fourth-order valence-electron chi connectivity index (χ4n) is 4.90. The van der Waals surface area contributed by atoms with Gasteiger partial charge in [0.2, 0.25) is 0 Å². The van der Waals surface area contributed by atoms with Gasteiger partial charge in [-0.25, -0.2) is 15.0 Å². The molecule has 31 heavy (non-hydrogen) atoms. The number of anilines is 1. The van der Waals surface area contributed by atoms with E-state index in [1.807, 2.05) is 6.92 Å². The zero-order valence-electron chi connectivity index (χ0n) is 18.6. The molecule has 166 valence electrons. The molecule has 1 spiro atoms. The molecule has 2 aromatic heterocycles. The summed E-state index contributed by atoms with van der Waals surface area (Å²) < 4.78 is 0. The fourth-order valence-corrected chi connectivity index (χ4v) is 4.90. The summed E-state index contributed by atoms with van der Waals surface area (Å²) in [4.78, 5) is 24.7. The molecule has 3 heterocycles. The monoisotopic (exact) mass is 422 g/mol. The summed E-state index contributed by atoms with van der Waals surface area (Å²) in [5.74, 6) is 1.07. The molecule has 0 unspecified atom stereocenters. The van der Waals surface area contributed by atoms with E-state index in [4.69, 9.17) is 4.98 Å². The third-order valence-corrected chi connectivity index (χ3v) is 6.93. The number of nitrogens with one attached hydrogen (secondary N) is 1. The lowest BCUT2D eigenvalue weighted by Gasteiger charge is -2.16. The van der Waals surface area contributed by atoms with E-state index in [9.17, 15) is 9.90 Å². The molecular formula is C25H34N4O2. The number of carboxylic acids is 1. The van der Waals surface area contributed by atoms with E-state index in [1.165, 1.54) is 36.9 Å². The standard InChI is InChI=1S/C25H34N4O2/c1-18-27-16-20(17-28-18)19(15-23(30)31)7-4-2-3-5-8-21-9-10-22-24(29-21)26-14-6-11-25(22)12-13-25/h9-10,16-17,19H,2-8,11-15H2,1H3,(H,26,29)(H,30,31)/t19-/m0/s1. The van der Waals surface area contributed by atoms with Crippen LogP contribution in [-0.4, -0.2) is 32.6 Å². The maximum absolute atomic E-state index is 11.3. The highest BCUT2D eigenvalue weighted by molar-refractivity contribution is 5.68. The maximum Gasteiger partial charge on any atom is 0.303 e. The second-order valence-corrected chi connectivity index (χ2v) is 9.32. The van der Waals surface area contributed by atoms with Gasteiger partial charge in [0.05, 0.1) is 6.42 Å². The Kier molecular flexibility index (Phi) is 6.83. The number of unbranched alkanes of at least 4 members (excludes halogenated alkanes) is 3. The van der Waals surface area contributed by atoms with Crippen LogP contribution in [0.4, 0.5) is 5.82 Å². The van der Waals surface area contributed by atoms with Crippen molar-refractivity contribution in [3.63, 3.8) is 0 Å². The average Bonchev–Trinajstić information content (AvgIpc) is 3.56. The van der Waals surface area contributed by atoms with E-state index in [0.29, 0.717) is 11.2 Å². The number of hydrogen-bond donors (Lipinski definition) is 2. The minimum atomic E-state index is -0.763. The quantitative estimate of drug-likeness (QED) is 0.514. The SMILES string of the molecule is Cc1ncc([C@@H](CCCCCCc2ccc3c(n2)NCCCC32CC2)CC(=O)O)cn1. The molecule has 6 nitrogen and oxygen atoms in total. The first-order chi connectivity index (χ1) is 15.1. The Hall–Kier alpha value is -2.50. The van der Waals surface area contributed by atoms with Crippen molar-refractivity contribution in [3.05, 3.63) is 47.2 Å². The lowest BCUT2D eigenvalue weighted by Crippen LogP contribution is -2.08. The summed E-state index contributed by atoms with van der Waals surface area (Å²) in [6, 6.07) is 4.55. The van der Waals surface area contributed by atoms with Crippen molar-refractivity contribution in [1.29, 1.82) is 0 Å². The lowest BCUT2D eigenvalue weighted by atomic mass is 9.91.